The Hall–Kier alpha value is -2.86. The van der Waals surface area contributed by atoms with Crippen molar-refractivity contribution in [2.45, 2.75) is 32.4 Å². The summed E-state index contributed by atoms with van der Waals surface area (Å²) in [6.07, 6.45) is 0.342. The molecule has 0 bridgehead atoms. The third kappa shape index (κ3) is 5.60. The number of rotatable bonds is 9. The summed E-state index contributed by atoms with van der Waals surface area (Å²) in [4.78, 5) is 23.0. The first-order valence-electron chi connectivity index (χ1n) is 8.41. The van der Waals surface area contributed by atoms with Gasteiger partial charge in [-0.25, -0.2) is 0 Å². The lowest BCUT2D eigenvalue weighted by Crippen LogP contribution is -2.42. The van der Waals surface area contributed by atoms with E-state index >= 15 is 0 Å². The predicted molar refractivity (Wildman–Crippen MR) is 97.3 cm³/mol. The molecule has 26 heavy (non-hydrogen) atoms. The van der Waals surface area contributed by atoms with Crippen LogP contribution in [-0.2, 0) is 9.59 Å². The number of carboxylic acid groups (broad SMARTS) is 2. The molecule has 138 valence electrons. The van der Waals surface area contributed by atoms with Gasteiger partial charge < -0.3 is 14.9 Å². The van der Waals surface area contributed by atoms with Gasteiger partial charge in [0, 0.05) is 0 Å². The van der Waals surface area contributed by atoms with Gasteiger partial charge in [0.25, 0.3) is 0 Å². The van der Waals surface area contributed by atoms with Gasteiger partial charge >= 0.3 is 11.9 Å². The van der Waals surface area contributed by atoms with Gasteiger partial charge in [-0.15, -0.1) is 0 Å². The number of carbonyl (C=O) groups is 2. The molecule has 3 N–H and O–H groups in total. The van der Waals surface area contributed by atoms with Crippen LogP contribution < -0.4 is 10.1 Å². The number of benzene rings is 2. The summed E-state index contributed by atoms with van der Waals surface area (Å²) < 4.78 is 5.68. The van der Waals surface area contributed by atoms with Crippen molar-refractivity contribution in [3.05, 3.63) is 60.2 Å². The Kier molecular flexibility index (Phi) is 6.74. The molecule has 6 heteroatoms. The highest BCUT2D eigenvalue weighted by molar-refractivity contribution is 5.78. The molecule has 0 aliphatic rings. The monoisotopic (exact) mass is 357 g/mol. The van der Waals surface area contributed by atoms with Crippen molar-refractivity contribution in [2.75, 3.05) is 0 Å². The maximum absolute atomic E-state index is 11.6. The molecule has 0 amide bonds. The number of hydrogen-bond acceptors (Lipinski definition) is 4. The first-order chi connectivity index (χ1) is 12.4. The van der Waals surface area contributed by atoms with E-state index in [0.29, 0.717) is 23.5 Å². The highest BCUT2D eigenvalue weighted by Gasteiger charge is 2.27. The van der Waals surface area contributed by atoms with Crippen LogP contribution in [0.25, 0.3) is 0 Å². The first-order valence-corrected chi connectivity index (χ1v) is 8.41. The van der Waals surface area contributed by atoms with Crippen molar-refractivity contribution in [1.82, 2.24) is 5.32 Å². The summed E-state index contributed by atoms with van der Waals surface area (Å²) in [5.74, 6) is -0.817. The number of nitrogens with one attached hydrogen (secondary N) is 1. The topological polar surface area (TPSA) is 95.9 Å². The molecule has 0 heterocycles. The Morgan fingerprint density at radius 2 is 1.50 bits per heavy atom. The van der Waals surface area contributed by atoms with E-state index in [1.807, 2.05) is 44.2 Å². The summed E-state index contributed by atoms with van der Waals surface area (Å²) in [7, 11) is 0. The van der Waals surface area contributed by atoms with Gasteiger partial charge in [-0.05, 0) is 42.2 Å². The molecule has 2 rings (SSSR count). The summed E-state index contributed by atoms with van der Waals surface area (Å²) in [5.41, 5.74) is 0.466. The summed E-state index contributed by atoms with van der Waals surface area (Å²) in [6, 6.07) is 13.8. The van der Waals surface area contributed by atoms with E-state index in [0.717, 1.165) is 0 Å². The van der Waals surface area contributed by atoms with Crippen LogP contribution >= 0.6 is 0 Å². The summed E-state index contributed by atoms with van der Waals surface area (Å²) >= 11 is 0. The third-order valence-electron chi connectivity index (χ3n) is 3.81. The average molecular weight is 357 g/mol. The van der Waals surface area contributed by atoms with Crippen molar-refractivity contribution in [1.29, 1.82) is 0 Å². The molecule has 2 aromatic carbocycles. The van der Waals surface area contributed by atoms with Crippen LogP contribution in [0.2, 0.25) is 0 Å². The smallest absolute Gasteiger partial charge is 0.325 e. The minimum absolute atomic E-state index is 0.125. The second kappa shape index (κ2) is 9.01. The quantitative estimate of drug-likeness (QED) is 0.633. The van der Waals surface area contributed by atoms with Crippen LogP contribution in [-0.4, -0.2) is 28.2 Å². The fourth-order valence-corrected chi connectivity index (χ4v) is 2.58. The molecular formula is C20H23NO5. The van der Waals surface area contributed by atoms with Gasteiger partial charge in [-0.2, -0.15) is 0 Å². The molecule has 0 fully saturated rings. The van der Waals surface area contributed by atoms with E-state index in [2.05, 4.69) is 5.32 Å². The molecule has 0 aliphatic heterocycles. The highest BCUT2D eigenvalue weighted by atomic mass is 16.5. The molecule has 6 nitrogen and oxygen atoms in total. The van der Waals surface area contributed by atoms with Crippen LogP contribution in [0.4, 0.5) is 0 Å². The van der Waals surface area contributed by atoms with Crippen LogP contribution in [0, 0.1) is 5.92 Å². The lowest BCUT2D eigenvalue weighted by molar-refractivity contribution is -0.143. The number of aliphatic carboxylic acids is 2. The van der Waals surface area contributed by atoms with E-state index in [4.69, 9.17) is 4.74 Å². The Labute approximate surface area is 152 Å². The van der Waals surface area contributed by atoms with Gasteiger partial charge in [-0.3, -0.25) is 14.9 Å². The van der Waals surface area contributed by atoms with Crippen molar-refractivity contribution in [3.63, 3.8) is 0 Å². The first kappa shape index (κ1) is 19.5. The summed E-state index contributed by atoms with van der Waals surface area (Å²) in [6.45, 7) is 3.78. The molecule has 0 aliphatic carbocycles. The summed E-state index contributed by atoms with van der Waals surface area (Å²) in [5, 5.41) is 21.6. The predicted octanol–water partition coefficient (Wildman–Crippen LogP) is 3.69. The Balaban J connectivity index is 2.14. The van der Waals surface area contributed by atoms with Crippen LogP contribution in [0.1, 0.15) is 31.9 Å². The number of ether oxygens (including phenoxy) is 1. The van der Waals surface area contributed by atoms with Gasteiger partial charge in [0.15, 0.2) is 0 Å². The van der Waals surface area contributed by atoms with Gasteiger partial charge in [0.1, 0.15) is 23.6 Å². The molecule has 0 saturated carbocycles. The maximum Gasteiger partial charge on any atom is 0.325 e. The minimum Gasteiger partial charge on any atom is -0.480 e. The SMILES string of the molecule is CC(C)CC(NC(C(=O)O)c1ccc(Oc2ccccc2)cc1)C(=O)O. The zero-order valence-corrected chi connectivity index (χ0v) is 14.8. The Morgan fingerprint density at radius 3 is 2.00 bits per heavy atom. The second-order valence-corrected chi connectivity index (χ2v) is 6.44. The molecule has 2 unspecified atom stereocenters. The maximum atomic E-state index is 11.6. The number of carboxylic acids is 2. The molecule has 2 atom stereocenters. The van der Waals surface area contributed by atoms with Crippen LogP contribution in [0.15, 0.2) is 54.6 Å². The van der Waals surface area contributed by atoms with Crippen molar-refractivity contribution in [3.8, 4) is 11.5 Å². The highest BCUT2D eigenvalue weighted by Crippen LogP contribution is 2.24. The van der Waals surface area contributed by atoms with E-state index in [1.54, 1.807) is 24.3 Å². The zero-order chi connectivity index (χ0) is 19.1. The van der Waals surface area contributed by atoms with Gasteiger partial charge in [0.2, 0.25) is 0 Å². The lowest BCUT2D eigenvalue weighted by Gasteiger charge is -2.22. The Bertz CT molecular complexity index is 728. The second-order valence-electron chi connectivity index (χ2n) is 6.44. The van der Waals surface area contributed by atoms with Crippen LogP contribution in [0.5, 0.6) is 11.5 Å². The van der Waals surface area contributed by atoms with E-state index in [1.165, 1.54) is 0 Å². The normalized spacial score (nSPS) is 13.2. The fraction of sp³-hybridized carbons (Fsp3) is 0.300. The average Bonchev–Trinajstić information content (AvgIpc) is 2.59. The third-order valence-corrected chi connectivity index (χ3v) is 3.81. The largest absolute Gasteiger partial charge is 0.480 e. The molecule has 0 saturated heterocycles. The number of para-hydroxylation sites is 1. The van der Waals surface area contributed by atoms with Gasteiger partial charge in [0.05, 0.1) is 0 Å². The Morgan fingerprint density at radius 1 is 0.923 bits per heavy atom. The molecular weight excluding hydrogens is 334 g/mol. The van der Waals surface area contributed by atoms with Crippen molar-refractivity contribution >= 4 is 11.9 Å². The standard InChI is InChI=1S/C20H23NO5/c1-13(2)12-17(19(22)23)21-18(20(24)25)14-8-10-16(11-9-14)26-15-6-4-3-5-7-15/h3-11,13,17-18,21H,12H2,1-2H3,(H,22,23)(H,24,25). The fourth-order valence-electron chi connectivity index (χ4n) is 2.58. The molecule has 0 spiro atoms. The minimum atomic E-state index is -1.13. The zero-order valence-electron chi connectivity index (χ0n) is 14.8. The molecule has 0 aromatic heterocycles. The van der Waals surface area contributed by atoms with Gasteiger partial charge in [-0.1, -0.05) is 44.2 Å². The van der Waals surface area contributed by atoms with Crippen LogP contribution in [0.3, 0.4) is 0 Å². The molecule has 2 aromatic rings. The lowest BCUT2D eigenvalue weighted by atomic mass is 10.0. The van der Waals surface area contributed by atoms with Crippen molar-refractivity contribution in [2.24, 2.45) is 5.92 Å². The van der Waals surface area contributed by atoms with E-state index in [-0.39, 0.29) is 5.92 Å². The van der Waals surface area contributed by atoms with E-state index < -0.39 is 24.0 Å². The van der Waals surface area contributed by atoms with E-state index in [9.17, 15) is 19.8 Å². The molecule has 0 radical (unpaired) electrons. The number of hydrogen-bond donors (Lipinski definition) is 3. The van der Waals surface area contributed by atoms with Crippen molar-refractivity contribution < 1.29 is 24.5 Å².